The minimum Gasteiger partial charge on any atom is -0.468 e. The summed E-state index contributed by atoms with van der Waals surface area (Å²) in [5, 5.41) is 2.77. The first-order chi connectivity index (χ1) is 6.53. The molecule has 2 heterocycles. The van der Waals surface area contributed by atoms with Crippen molar-refractivity contribution in [2.75, 3.05) is 7.11 Å². The van der Waals surface area contributed by atoms with Crippen LogP contribution in [0.3, 0.4) is 0 Å². The van der Waals surface area contributed by atoms with Gasteiger partial charge in [-0.15, -0.1) is 16.0 Å². The van der Waals surface area contributed by atoms with Crippen molar-refractivity contribution < 1.29 is 13.2 Å². The molecule has 0 saturated carbocycles. The molecule has 0 saturated heterocycles. The molecule has 2 aliphatic rings. The van der Waals surface area contributed by atoms with E-state index in [2.05, 4.69) is 9.71 Å². The number of amidine groups is 1. The second kappa shape index (κ2) is 3.32. The smallest absolute Gasteiger partial charge is 0.304 e. The summed E-state index contributed by atoms with van der Waals surface area (Å²) in [6.45, 7) is 0. The van der Waals surface area contributed by atoms with Gasteiger partial charge in [0.15, 0.2) is 0 Å². The predicted octanol–water partition coefficient (Wildman–Crippen LogP) is 0.793. The summed E-state index contributed by atoms with van der Waals surface area (Å²) in [4.78, 5) is 0. The van der Waals surface area contributed by atoms with Gasteiger partial charge in [-0.05, 0) is 0 Å². The molecule has 0 aromatic heterocycles. The monoisotopic (exact) mass is 254 g/mol. The fourth-order valence-electron chi connectivity index (χ4n) is 1.18. The number of methoxy groups -OCH3 is 1. The van der Waals surface area contributed by atoms with Crippen molar-refractivity contribution in [3.8, 4) is 0 Å². The molecule has 78 valence electrons. The molecule has 5 nitrogen and oxygen atoms in total. The molecule has 0 bridgehead atoms. The molecule has 0 amide bonds. The number of thioether (sulfide) groups is 1. The van der Waals surface area contributed by atoms with Crippen LogP contribution < -0.4 is 5.32 Å². The summed E-state index contributed by atoms with van der Waals surface area (Å²) in [6, 6.07) is -0.00452. The van der Waals surface area contributed by atoms with Gasteiger partial charge < -0.3 is 10.1 Å². The van der Waals surface area contributed by atoms with Crippen molar-refractivity contribution >= 4 is 39.4 Å². The highest BCUT2D eigenvalue weighted by molar-refractivity contribution is 8.19. The Balaban J connectivity index is 2.40. The minimum absolute atomic E-state index is 0.00452. The molecule has 0 aromatic rings. The maximum Gasteiger partial charge on any atom is 0.304 e. The van der Waals surface area contributed by atoms with Crippen molar-refractivity contribution in [3.05, 3.63) is 9.93 Å². The van der Waals surface area contributed by atoms with Crippen LogP contribution in [-0.2, 0) is 14.8 Å². The number of nitrogens with one attached hydrogen (secondary N) is 1. The second-order valence-corrected chi connectivity index (χ2v) is 6.50. The van der Waals surface area contributed by atoms with Gasteiger partial charge in [0, 0.05) is 12.1 Å². The van der Waals surface area contributed by atoms with Gasteiger partial charge in [-0.2, -0.15) is 8.42 Å². The molecule has 1 N–H and O–H groups in total. The fraction of sp³-hybridized carbons (Fsp3) is 0.500. The maximum atomic E-state index is 11.5. The molecule has 2 rings (SSSR count). The van der Waals surface area contributed by atoms with E-state index in [-0.39, 0.29) is 15.0 Å². The van der Waals surface area contributed by atoms with Crippen molar-refractivity contribution in [2.24, 2.45) is 4.40 Å². The van der Waals surface area contributed by atoms with Gasteiger partial charge in [-0.25, -0.2) is 0 Å². The zero-order valence-electron chi connectivity index (χ0n) is 7.15. The molecule has 0 spiro atoms. The van der Waals surface area contributed by atoms with E-state index >= 15 is 0 Å². The SMILES string of the molecule is COC1=NS(=O)(=O)C2=C(CC(Cl)S2)N1. The average Bonchev–Trinajstić information content (AvgIpc) is 2.45. The average molecular weight is 255 g/mol. The van der Waals surface area contributed by atoms with Crippen LogP contribution >= 0.6 is 23.4 Å². The third-order valence-electron chi connectivity index (χ3n) is 1.73. The lowest BCUT2D eigenvalue weighted by atomic mass is 10.4. The highest BCUT2D eigenvalue weighted by Crippen LogP contribution is 2.43. The number of alkyl halides is 1. The molecule has 8 heteroatoms. The first-order valence-electron chi connectivity index (χ1n) is 3.73. The van der Waals surface area contributed by atoms with Crippen molar-refractivity contribution in [2.45, 2.75) is 11.1 Å². The van der Waals surface area contributed by atoms with Gasteiger partial charge >= 0.3 is 6.02 Å². The van der Waals surface area contributed by atoms with Crippen molar-refractivity contribution in [1.82, 2.24) is 5.32 Å². The van der Waals surface area contributed by atoms with E-state index in [0.717, 1.165) is 11.8 Å². The summed E-state index contributed by atoms with van der Waals surface area (Å²) in [5.74, 6) is 0. The van der Waals surface area contributed by atoms with E-state index in [0.29, 0.717) is 12.1 Å². The number of rotatable bonds is 0. The largest absolute Gasteiger partial charge is 0.468 e. The molecular formula is C6H7ClN2O3S2. The van der Waals surface area contributed by atoms with Gasteiger partial charge in [0.2, 0.25) is 0 Å². The van der Waals surface area contributed by atoms with E-state index in [1.807, 2.05) is 0 Å². The molecule has 2 aliphatic heterocycles. The highest BCUT2D eigenvalue weighted by atomic mass is 35.5. The molecule has 14 heavy (non-hydrogen) atoms. The Morgan fingerprint density at radius 1 is 1.71 bits per heavy atom. The third kappa shape index (κ3) is 1.59. The first kappa shape index (κ1) is 10.1. The van der Waals surface area contributed by atoms with Crippen LogP contribution in [-0.4, -0.2) is 26.3 Å². The Kier molecular flexibility index (Phi) is 2.40. The van der Waals surface area contributed by atoms with Crippen LogP contribution in [0.2, 0.25) is 0 Å². The van der Waals surface area contributed by atoms with Crippen LogP contribution in [0, 0.1) is 0 Å². The summed E-state index contributed by atoms with van der Waals surface area (Å²) in [7, 11) is -2.24. The first-order valence-corrected chi connectivity index (χ1v) is 6.48. The molecule has 0 fully saturated rings. The van der Waals surface area contributed by atoms with E-state index < -0.39 is 10.0 Å². The van der Waals surface area contributed by atoms with Gasteiger partial charge in [0.1, 0.15) is 4.24 Å². The predicted molar refractivity (Wildman–Crippen MR) is 55.4 cm³/mol. The van der Waals surface area contributed by atoms with Crippen molar-refractivity contribution in [1.29, 1.82) is 0 Å². The number of sulfonamides is 1. The topological polar surface area (TPSA) is 67.8 Å². The lowest BCUT2D eigenvalue weighted by molar-refractivity contribution is 0.385. The van der Waals surface area contributed by atoms with Gasteiger partial charge in [-0.3, -0.25) is 0 Å². The fourth-order valence-corrected chi connectivity index (χ4v) is 4.33. The van der Waals surface area contributed by atoms with E-state index in [1.165, 1.54) is 7.11 Å². The van der Waals surface area contributed by atoms with Gasteiger partial charge in [0.25, 0.3) is 10.0 Å². The van der Waals surface area contributed by atoms with Crippen LogP contribution in [0.5, 0.6) is 0 Å². The number of nitrogens with zero attached hydrogens (tertiary/aromatic N) is 1. The quantitative estimate of drug-likeness (QED) is 0.648. The van der Waals surface area contributed by atoms with Crippen LogP contribution in [0.4, 0.5) is 0 Å². The molecule has 0 radical (unpaired) electrons. The number of ether oxygens (including phenoxy) is 1. The second-order valence-electron chi connectivity index (χ2n) is 2.70. The number of hydrogen-bond donors (Lipinski definition) is 1. The summed E-state index contributed by atoms with van der Waals surface area (Å²) < 4.78 is 31.2. The van der Waals surface area contributed by atoms with Gasteiger partial charge in [0.05, 0.1) is 11.8 Å². The zero-order valence-corrected chi connectivity index (χ0v) is 9.54. The molecule has 0 aromatic carbocycles. The lowest BCUT2D eigenvalue weighted by Crippen LogP contribution is -2.30. The number of hydrogen-bond acceptors (Lipinski definition) is 5. The third-order valence-corrected chi connectivity index (χ3v) is 5.08. The Labute approximate surface area is 90.6 Å². The molecular weight excluding hydrogens is 248 g/mol. The van der Waals surface area contributed by atoms with E-state index in [9.17, 15) is 8.42 Å². The summed E-state index contributed by atoms with van der Waals surface area (Å²) >= 11 is 6.93. The van der Waals surface area contributed by atoms with Gasteiger partial charge in [-0.1, -0.05) is 11.8 Å². The maximum absolute atomic E-state index is 11.5. The Morgan fingerprint density at radius 3 is 3.07 bits per heavy atom. The Bertz CT molecular complexity index is 428. The minimum atomic E-state index is -3.60. The Hall–Kier alpha value is -0.400. The van der Waals surface area contributed by atoms with E-state index in [4.69, 9.17) is 16.3 Å². The van der Waals surface area contributed by atoms with E-state index in [1.54, 1.807) is 0 Å². The Morgan fingerprint density at radius 2 is 2.43 bits per heavy atom. The standard InChI is InChI=1S/C6H7ClN2O3S2/c1-12-6-8-3-2-4(7)13-5(3)14(10,11)9-6/h4H,2H2,1H3,(H,8,9). The van der Waals surface area contributed by atoms with Crippen LogP contribution in [0.1, 0.15) is 6.42 Å². The normalized spacial score (nSPS) is 29.3. The van der Waals surface area contributed by atoms with Crippen molar-refractivity contribution in [3.63, 3.8) is 0 Å². The summed E-state index contributed by atoms with van der Waals surface area (Å²) in [6.07, 6.45) is 0.475. The molecule has 1 unspecified atom stereocenters. The molecule has 1 atom stereocenters. The van der Waals surface area contributed by atoms with Crippen LogP contribution in [0.25, 0.3) is 0 Å². The summed E-state index contributed by atoms with van der Waals surface area (Å²) in [5.41, 5.74) is 0.571. The van der Waals surface area contributed by atoms with Crippen LogP contribution in [0.15, 0.2) is 14.3 Å². The molecule has 0 aliphatic carbocycles. The highest BCUT2D eigenvalue weighted by Gasteiger charge is 2.36. The number of allylic oxidation sites excluding steroid dienone is 1. The lowest BCUT2D eigenvalue weighted by Gasteiger charge is -2.14. The number of halogens is 1. The zero-order chi connectivity index (χ0) is 10.3.